The Morgan fingerprint density at radius 2 is 1.89 bits per heavy atom. The third-order valence-electron chi connectivity index (χ3n) is 0.785. The van der Waals surface area contributed by atoms with Gasteiger partial charge in [-0.15, -0.1) is 0 Å². The van der Waals surface area contributed by atoms with Crippen LogP contribution in [0.3, 0.4) is 0 Å². The fourth-order valence-corrected chi connectivity index (χ4v) is 0.385. The predicted molar refractivity (Wildman–Crippen MR) is 38.5 cm³/mol. The molecule has 0 aliphatic carbocycles. The molecular formula is C5H16N4. The van der Waals surface area contributed by atoms with Gasteiger partial charge in [-0.3, -0.25) is 5.43 Å². The zero-order valence-corrected chi connectivity index (χ0v) is 6.36. The minimum atomic E-state index is 0.751. The minimum absolute atomic E-state index is 0.751. The Bertz CT molecular complexity index is 54.9. The van der Waals surface area contributed by atoms with E-state index in [0.29, 0.717) is 0 Å². The molecule has 0 saturated carbocycles. The summed E-state index contributed by atoms with van der Waals surface area (Å²) in [5, 5.41) is 1.89. The number of rotatable bonds is 5. The Morgan fingerprint density at radius 1 is 1.22 bits per heavy atom. The van der Waals surface area contributed by atoms with Gasteiger partial charge in [0.25, 0.3) is 0 Å². The van der Waals surface area contributed by atoms with Crippen molar-refractivity contribution < 1.29 is 0 Å². The lowest BCUT2D eigenvalue weighted by Crippen LogP contribution is -2.44. The van der Waals surface area contributed by atoms with Gasteiger partial charge in [-0.2, -0.15) is 0 Å². The first kappa shape index (κ1) is 8.84. The first-order chi connectivity index (χ1) is 4.27. The average molecular weight is 132 g/mol. The monoisotopic (exact) mass is 132 g/mol. The molecule has 0 fully saturated rings. The summed E-state index contributed by atoms with van der Waals surface area (Å²) in [4.78, 5) is 0. The number of hydrogen-bond donors (Lipinski definition) is 3. The molecular weight excluding hydrogens is 116 g/mol. The van der Waals surface area contributed by atoms with E-state index in [0.717, 1.165) is 13.2 Å². The maximum atomic E-state index is 3.04. The second-order valence-electron chi connectivity index (χ2n) is 1.94. The van der Waals surface area contributed by atoms with E-state index in [4.69, 9.17) is 0 Å². The highest BCUT2D eigenvalue weighted by atomic mass is 15.5. The number of nitrogens with one attached hydrogen (secondary N) is 3. The number of nitrogens with zero attached hydrogens (tertiary/aromatic N) is 1. The molecule has 0 heterocycles. The van der Waals surface area contributed by atoms with Crippen LogP contribution in [-0.4, -0.2) is 32.3 Å². The number of hydrogen-bond acceptors (Lipinski definition) is 4. The van der Waals surface area contributed by atoms with E-state index in [1.807, 2.05) is 26.0 Å². The smallest absolute Gasteiger partial charge is 0.0722 e. The van der Waals surface area contributed by atoms with Gasteiger partial charge < -0.3 is 0 Å². The molecule has 0 aliphatic heterocycles. The molecule has 4 heteroatoms. The molecule has 0 aromatic rings. The van der Waals surface area contributed by atoms with Gasteiger partial charge in [-0.25, -0.2) is 15.9 Å². The first-order valence-electron chi connectivity index (χ1n) is 3.14. The second-order valence-corrected chi connectivity index (χ2v) is 1.94. The van der Waals surface area contributed by atoms with Gasteiger partial charge in [-0.05, 0) is 0 Å². The predicted octanol–water partition coefficient (Wildman–Crippen LogP) is -0.876. The van der Waals surface area contributed by atoms with Gasteiger partial charge >= 0.3 is 0 Å². The lowest BCUT2D eigenvalue weighted by molar-refractivity contribution is 0.267. The SMILES string of the molecule is CCNNCNN(C)C. The molecule has 0 saturated heterocycles. The lowest BCUT2D eigenvalue weighted by Gasteiger charge is -2.12. The van der Waals surface area contributed by atoms with Gasteiger partial charge in [0.2, 0.25) is 0 Å². The molecule has 0 aromatic heterocycles. The Hall–Kier alpha value is -0.160. The van der Waals surface area contributed by atoms with Gasteiger partial charge in [0, 0.05) is 20.6 Å². The summed E-state index contributed by atoms with van der Waals surface area (Å²) in [5.74, 6) is 0. The van der Waals surface area contributed by atoms with Crippen LogP contribution >= 0.6 is 0 Å². The van der Waals surface area contributed by atoms with E-state index in [1.165, 1.54) is 0 Å². The van der Waals surface area contributed by atoms with Crippen LogP contribution in [0.15, 0.2) is 0 Å². The molecule has 9 heavy (non-hydrogen) atoms. The van der Waals surface area contributed by atoms with Crippen LogP contribution in [0.2, 0.25) is 0 Å². The highest BCUT2D eigenvalue weighted by molar-refractivity contribution is 4.32. The molecule has 0 radical (unpaired) electrons. The van der Waals surface area contributed by atoms with Crippen molar-refractivity contribution in [2.24, 2.45) is 0 Å². The van der Waals surface area contributed by atoms with Crippen molar-refractivity contribution in [3.05, 3.63) is 0 Å². The third-order valence-corrected chi connectivity index (χ3v) is 0.785. The van der Waals surface area contributed by atoms with Crippen LogP contribution < -0.4 is 16.3 Å². The lowest BCUT2D eigenvalue weighted by atomic mass is 10.8. The zero-order chi connectivity index (χ0) is 7.11. The summed E-state index contributed by atoms with van der Waals surface area (Å²) in [5.41, 5.74) is 8.97. The Balaban J connectivity index is 2.75. The largest absolute Gasteiger partial charge is 0.257 e. The van der Waals surface area contributed by atoms with E-state index in [2.05, 4.69) is 16.3 Å². The molecule has 0 amide bonds. The van der Waals surface area contributed by atoms with Crippen molar-refractivity contribution in [3.8, 4) is 0 Å². The van der Waals surface area contributed by atoms with Gasteiger partial charge in [0.15, 0.2) is 0 Å². The van der Waals surface area contributed by atoms with E-state index < -0.39 is 0 Å². The van der Waals surface area contributed by atoms with Crippen LogP contribution in [0.4, 0.5) is 0 Å². The fourth-order valence-electron chi connectivity index (χ4n) is 0.385. The molecule has 0 bridgehead atoms. The molecule has 0 rings (SSSR count). The van der Waals surface area contributed by atoms with E-state index in [-0.39, 0.29) is 0 Å². The molecule has 0 atom stereocenters. The van der Waals surface area contributed by atoms with Crippen molar-refractivity contribution in [1.29, 1.82) is 0 Å². The van der Waals surface area contributed by atoms with Crippen LogP contribution in [-0.2, 0) is 0 Å². The molecule has 56 valence electrons. The van der Waals surface area contributed by atoms with Gasteiger partial charge in [-0.1, -0.05) is 6.92 Å². The molecule has 0 spiro atoms. The Kier molecular flexibility index (Phi) is 5.86. The highest BCUT2D eigenvalue weighted by Crippen LogP contribution is 1.56. The van der Waals surface area contributed by atoms with E-state index >= 15 is 0 Å². The van der Waals surface area contributed by atoms with Crippen molar-refractivity contribution >= 4 is 0 Å². The second kappa shape index (κ2) is 5.97. The molecule has 0 aliphatic rings. The topological polar surface area (TPSA) is 39.3 Å². The summed E-state index contributed by atoms with van der Waals surface area (Å²) < 4.78 is 0. The number of hydrazine groups is 2. The summed E-state index contributed by atoms with van der Waals surface area (Å²) >= 11 is 0. The van der Waals surface area contributed by atoms with E-state index in [9.17, 15) is 0 Å². The average Bonchev–Trinajstić information content (AvgIpc) is 1.80. The summed E-state index contributed by atoms with van der Waals surface area (Å²) in [6, 6.07) is 0. The van der Waals surface area contributed by atoms with Crippen molar-refractivity contribution in [1.82, 2.24) is 21.3 Å². The van der Waals surface area contributed by atoms with Crippen molar-refractivity contribution in [3.63, 3.8) is 0 Å². The fraction of sp³-hybridized carbons (Fsp3) is 1.00. The molecule has 3 N–H and O–H groups in total. The Labute approximate surface area is 56.5 Å². The van der Waals surface area contributed by atoms with Crippen LogP contribution in [0.5, 0.6) is 0 Å². The maximum absolute atomic E-state index is 3.04. The van der Waals surface area contributed by atoms with Crippen molar-refractivity contribution in [2.45, 2.75) is 6.92 Å². The van der Waals surface area contributed by atoms with Gasteiger partial charge in [0.1, 0.15) is 0 Å². The van der Waals surface area contributed by atoms with Crippen LogP contribution in [0.1, 0.15) is 6.92 Å². The minimum Gasteiger partial charge on any atom is -0.257 e. The summed E-state index contributed by atoms with van der Waals surface area (Å²) in [6.45, 7) is 3.73. The van der Waals surface area contributed by atoms with Crippen molar-refractivity contribution in [2.75, 3.05) is 27.3 Å². The normalized spacial score (nSPS) is 10.7. The Morgan fingerprint density at radius 3 is 2.33 bits per heavy atom. The van der Waals surface area contributed by atoms with E-state index in [1.54, 1.807) is 0 Å². The third kappa shape index (κ3) is 7.84. The quantitative estimate of drug-likeness (QED) is 0.258. The highest BCUT2D eigenvalue weighted by Gasteiger charge is 1.82. The maximum Gasteiger partial charge on any atom is 0.0722 e. The van der Waals surface area contributed by atoms with Gasteiger partial charge in [0.05, 0.1) is 6.67 Å². The molecule has 4 nitrogen and oxygen atoms in total. The molecule has 0 aromatic carbocycles. The first-order valence-corrected chi connectivity index (χ1v) is 3.14. The van der Waals surface area contributed by atoms with Crippen LogP contribution in [0, 0.1) is 0 Å². The summed E-state index contributed by atoms with van der Waals surface area (Å²) in [6.07, 6.45) is 0. The summed E-state index contributed by atoms with van der Waals surface area (Å²) in [7, 11) is 3.90. The zero-order valence-electron chi connectivity index (χ0n) is 6.36. The standard InChI is InChI=1S/C5H16N4/c1-4-6-7-5-8-9(2)3/h6-8H,4-5H2,1-3H3. The van der Waals surface area contributed by atoms with Crippen LogP contribution in [0.25, 0.3) is 0 Å². The molecule has 0 unspecified atom stereocenters.